The third-order valence-corrected chi connectivity index (χ3v) is 3.83. The Morgan fingerprint density at radius 1 is 1.04 bits per heavy atom. The highest BCUT2D eigenvalue weighted by Gasteiger charge is 2.14. The van der Waals surface area contributed by atoms with E-state index in [0.717, 1.165) is 12.0 Å². The summed E-state index contributed by atoms with van der Waals surface area (Å²) in [6.45, 7) is 3.44. The molecule has 4 N–H and O–H groups in total. The van der Waals surface area contributed by atoms with Crippen LogP contribution in [0, 0.1) is 0 Å². The second kappa shape index (κ2) is 9.86. The molecule has 2 rings (SSSR count). The lowest BCUT2D eigenvalue weighted by Gasteiger charge is -2.09. The van der Waals surface area contributed by atoms with E-state index in [0.29, 0.717) is 22.7 Å². The molecule has 2 aromatic carbocycles. The molecule has 0 saturated heterocycles. The first-order valence-corrected chi connectivity index (χ1v) is 8.65. The van der Waals surface area contributed by atoms with E-state index in [4.69, 9.17) is 10.5 Å². The van der Waals surface area contributed by atoms with Crippen molar-refractivity contribution in [3.8, 4) is 5.75 Å². The molecule has 0 fully saturated rings. The van der Waals surface area contributed by atoms with Gasteiger partial charge in [0.1, 0.15) is 5.75 Å². The van der Waals surface area contributed by atoms with Crippen molar-refractivity contribution in [1.82, 2.24) is 5.43 Å². The number of nitrogens with zero attached hydrogens (tertiary/aromatic N) is 1. The van der Waals surface area contributed by atoms with E-state index in [1.54, 1.807) is 43.3 Å². The van der Waals surface area contributed by atoms with E-state index in [-0.39, 0.29) is 6.61 Å². The predicted molar refractivity (Wildman–Crippen MR) is 106 cm³/mol. The Morgan fingerprint density at radius 3 is 2.36 bits per heavy atom. The van der Waals surface area contributed by atoms with Gasteiger partial charge in [0, 0.05) is 5.69 Å². The molecule has 0 aliphatic carbocycles. The number of nitrogens with two attached hydrogens (primary N) is 1. The first kappa shape index (κ1) is 20.6. The summed E-state index contributed by atoms with van der Waals surface area (Å²) in [5, 5.41) is 6.53. The Morgan fingerprint density at radius 2 is 1.71 bits per heavy atom. The van der Waals surface area contributed by atoms with Crippen molar-refractivity contribution in [2.24, 2.45) is 10.8 Å². The summed E-state index contributed by atoms with van der Waals surface area (Å²) in [7, 11) is 0. The summed E-state index contributed by atoms with van der Waals surface area (Å²) in [6.07, 6.45) is 0.731. The quantitative estimate of drug-likeness (QED) is 0.382. The number of carbonyl (C=O) groups excluding carboxylic acids is 3. The van der Waals surface area contributed by atoms with Gasteiger partial charge in [-0.15, -0.1) is 0 Å². The zero-order valence-corrected chi connectivity index (χ0v) is 15.7. The van der Waals surface area contributed by atoms with Crippen molar-refractivity contribution < 1.29 is 19.1 Å². The monoisotopic (exact) mass is 382 g/mol. The highest BCUT2D eigenvalue weighted by atomic mass is 16.5. The lowest BCUT2D eigenvalue weighted by Crippen LogP contribution is -2.33. The molecule has 0 bridgehead atoms. The molecule has 8 heteroatoms. The molecule has 0 spiro atoms. The van der Waals surface area contributed by atoms with Gasteiger partial charge in [-0.05, 0) is 54.8 Å². The number of para-hydroxylation sites is 1. The molecule has 0 atom stereocenters. The summed E-state index contributed by atoms with van der Waals surface area (Å²) in [5.41, 5.74) is 9.99. The minimum atomic E-state index is -0.869. The minimum Gasteiger partial charge on any atom is -0.484 e. The molecule has 2 aromatic rings. The van der Waals surface area contributed by atoms with Crippen LogP contribution < -0.4 is 21.2 Å². The number of nitrogens with one attached hydrogen (secondary N) is 2. The van der Waals surface area contributed by atoms with Crippen LogP contribution in [0.25, 0.3) is 0 Å². The number of ether oxygens (including phenoxy) is 1. The van der Waals surface area contributed by atoms with Crippen LogP contribution in [0.5, 0.6) is 5.75 Å². The van der Waals surface area contributed by atoms with Crippen LogP contribution in [-0.2, 0) is 20.8 Å². The maximum absolute atomic E-state index is 12.1. The molecule has 0 heterocycles. The Bertz CT molecular complexity index is 891. The summed E-state index contributed by atoms with van der Waals surface area (Å²) >= 11 is 0. The van der Waals surface area contributed by atoms with Gasteiger partial charge in [-0.25, -0.2) is 5.43 Å². The van der Waals surface area contributed by atoms with Crippen LogP contribution in [0.2, 0.25) is 0 Å². The van der Waals surface area contributed by atoms with Gasteiger partial charge in [-0.3, -0.25) is 14.4 Å². The summed E-state index contributed by atoms with van der Waals surface area (Å²) in [4.78, 5) is 34.8. The average molecular weight is 382 g/mol. The van der Waals surface area contributed by atoms with Gasteiger partial charge in [0.25, 0.3) is 5.91 Å². The van der Waals surface area contributed by atoms with Crippen molar-refractivity contribution >= 4 is 29.1 Å². The first-order chi connectivity index (χ1) is 13.4. The molecular weight excluding hydrogens is 360 g/mol. The topological polar surface area (TPSA) is 123 Å². The maximum atomic E-state index is 12.1. The smallest absolute Gasteiger partial charge is 0.329 e. The highest BCUT2D eigenvalue weighted by molar-refractivity contribution is 6.39. The SMILES string of the molecule is CCc1ccccc1NC(=O)C(=O)NN=C(C)c1ccc(OCC(N)=O)cc1. The minimum absolute atomic E-state index is 0.210. The number of rotatable bonds is 7. The number of primary amides is 1. The molecule has 0 aromatic heterocycles. The van der Waals surface area contributed by atoms with Crippen LogP contribution in [0.15, 0.2) is 53.6 Å². The molecule has 0 aliphatic rings. The summed E-state index contributed by atoms with van der Waals surface area (Å²) in [6, 6.07) is 14.0. The molecular formula is C20H22N4O4. The number of hydrogen-bond donors (Lipinski definition) is 3. The van der Waals surface area contributed by atoms with Crippen molar-refractivity contribution in [3.05, 3.63) is 59.7 Å². The predicted octanol–water partition coefficient (Wildman–Crippen LogP) is 1.59. The number of carbonyl (C=O) groups is 3. The Hall–Kier alpha value is -3.68. The van der Waals surface area contributed by atoms with E-state index in [9.17, 15) is 14.4 Å². The van der Waals surface area contributed by atoms with Crippen molar-refractivity contribution in [1.29, 1.82) is 0 Å². The standard InChI is InChI=1S/C20H22N4O4/c1-3-14-6-4-5-7-17(14)22-19(26)20(27)24-23-13(2)15-8-10-16(11-9-15)28-12-18(21)25/h4-11H,3,12H2,1-2H3,(H2,21,25)(H,22,26)(H,24,27). The Labute approximate surface area is 162 Å². The lowest BCUT2D eigenvalue weighted by molar-refractivity contribution is -0.136. The molecule has 3 amide bonds. The zero-order valence-electron chi connectivity index (χ0n) is 15.7. The first-order valence-electron chi connectivity index (χ1n) is 8.65. The number of aryl methyl sites for hydroxylation is 1. The maximum Gasteiger partial charge on any atom is 0.329 e. The van der Waals surface area contributed by atoms with Crippen LogP contribution >= 0.6 is 0 Å². The van der Waals surface area contributed by atoms with E-state index < -0.39 is 17.7 Å². The van der Waals surface area contributed by atoms with Crippen LogP contribution in [-0.4, -0.2) is 30.0 Å². The van der Waals surface area contributed by atoms with E-state index in [2.05, 4.69) is 15.8 Å². The molecule has 0 saturated carbocycles. The molecule has 8 nitrogen and oxygen atoms in total. The van der Waals surface area contributed by atoms with Gasteiger partial charge >= 0.3 is 11.8 Å². The van der Waals surface area contributed by atoms with Gasteiger partial charge < -0.3 is 15.8 Å². The largest absolute Gasteiger partial charge is 0.484 e. The van der Waals surface area contributed by atoms with E-state index >= 15 is 0 Å². The number of hydrogen-bond acceptors (Lipinski definition) is 5. The van der Waals surface area contributed by atoms with Crippen LogP contribution in [0.3, 0.4) is 0 Å². The zero-order chi connectivity index (χ0) is 20.5. The van der Waals surface area contributed by atoms with Crippen molar-refractivity contribution in [2.45, 2.75) is 20.3 Å². The third kappa shape index (κ3) is 5.94. The highest BCUT2D eigenvalue weighted by Crippen LogP contribution is 2.15. The van der Waals surface area contributed by atoms with E-state index in [1.165, 1.54) is 0 Å². The number of benzene rings is 2. The van der Waals surface area contributed by atoms with Crippen molar-refractivity contribution in [2.75, 3.05) is 11.9 Å². The Kier molecular flexibility index (Phi) is 7.27. The normalized spacial score (nSPS) is 10.9. The lowest BCUT2D eigenvalue weighted by atomic mass is 10.1. The van der Waals surface area contributed by atoms with Crippen LogP contribution in [0.4, 0.5) is 5.69 Å². The van der Waals surface area contributed by atoms with E-state index in [1.807, 2.05) is 19.1 Å². The summed E-state index contributed by atoms with van der Waals surface area (Å²) < 4.78 is 5.17. The molecule has 146 valence electrons. The fraction of sp³-hybridized carbons (Fsp3) is 0.200. The van der Waals surface area contributed by atoms with Gasteiger partial charge in [-0.1, -0.05) is 25.1 Å². The fourth-order valence-corrected chi connectivity index (χ4v) is 2.33. The second-order valence-corrected chi connectivity index (χ2v) is 5.88. The number of hydrazone groups is 1. The molecule has 28 heavy (non-hydrogen) atoms. The van der Waals surface area contributed by atoms with Gasteiger partial charge in [0.2, 0.25) is 0 Å². The number of amides is 3. The second-order valence-electron chi connectivity index (χ2n) is 5.88. The third-order valence-electron chi connectivity index (χ3n) is 3.83. The number of anilines is 1. The van der Waals surface area contributed by atoms with Gasteiger partial charge in [0.15, 0.2) is 6.61 Å². The Balaban J connectivity index is 1.95. The molecule has 0 aliphatic heterocycles. The fourth-order valence-electron chi connectivity index (χ4n) is 2.33. The summed E-state index contributed by atoms with van der Waals surface area (Å²) in [5.74, 6) is -1.75. The van der Waals surface area contributed by atoms with Gasteiger partial charge in [-0.2, -0.15) is 5.10 Å². The average Bonchev–Trinajstić information content (AvgIpc) is 2.70. The van der Waals surface area contributed by atoms with Crippen LogP contribution in [0.1, 0.15) is 25.0 Å². The molecule has 0 radical (unpaired) electrons. The molecule has 0 unspecified atom stereocenters. The van der Waals surface area contributed by atoms with Crippen molar-refractivity contribution in [3.63, 3.8) is 0 Å². The van der Waals surface area contributed by atoms with Gasteiger partial charge in [0.05, 0.1) is 5.71 Å².